The highest BCUT2D eigenvalue weighted by Crippen LogP contribution is 2.23. The molecule has 1 aromatic carbocycles. The number of aryl methyl sites for hydroxylation is 1. The summed E-state index contributed by atoms with van der Waals surface area (Å²) in [7, 11) is 0. The molecule has 2 aromatic rings. The number of piperazine rings is 1. The number of anilines is 1. The zero-order valence-electron chi connectivity index (χ0n) is 16.1. The molecule has 7 heteroatoms. The molecule has 0 spiro atoms. The van der Waals surface area contributed by atoms with Gasteiger partial charge in [-0.25, -0.2) is 4.98 Å². The lowest BCUT2D eigenvalue weighted by Crippen LogP contribution is -2.51. The molecule has 2 aliphatic rings. The van der Waals surface area contributed by atoms with Crippen LogP contribution < -0.4 is 4.90 Å². The van der Waals surface area contributed by atoms with Crippen molar-refractivity contribution in [1.82, 2.24) is 19.8 Å². The SMILES string of the molecule is Cc1ccc(CN2C[C@@H](C(=O)N3CCN(c4cnccn4)CC3)CC2=O)cc1. The number of rotatable bonds is 4. The van der Waals surface area contributed by atoms with Gasteiger partial charge in [-0.15, -0.1) is 0 Å². The Morgan fingerprint density at radius 1 is 1.11 bits per heavy atom. The molecule has 0 unspecified atom stereocenters. The van der Waals surface area contributed by atoms with Gasteiger partial charge in [-0.1, -0.05) is 29.8 Å². The van der Waals surface area contributed by atoms with Crippen molar-refractivity contribution < 1.29 is 9.59 Å². The highest BCUT2D eigenvalue weighted by Gasteiger charge is 2.37. The van der Waals surface area contributed by atoms with Crippen LogP contribution >= 0.6 is 0 Å². The fourth-order valence-corrected chi connectivity index (χ4v) is 3.87. The second-order valence-electron chi connectivity index (χ2n) is 7.54. The molecule has 0 N–H and O–H groups in total. The van der Waals surface area contributed by atoms with E-state index in [4.69, 9.17) is 0 Å². The number of hydrogen-bond acceptors (Lipinski definition) is 5. The first-order valence-corrected chi connectivity index (χ1v) is 9.73. The lowest BCUT2D eigenvalue weighted by Gasteiger charge is -2.36. The van der Waals surface area contributed by atoms with Crippen molar-refractivity contribution in [3.8, 4) is 0 Å². The predicted octanol–water partition coefficient (Wildman–Crippen LogP) is 1.48. The summed E-state index contributed by atoms with van der Waals surface area (Å²) in [5.74, 6) is 0.770. The van der Waals surface area contributed by atoms with Crippen molar-refractivity contribution in [3.05, 3.63) is 54.0 Å². The third-order valence-electron chi connectivity index (χ3n) is 5.52. The van der Waals surface area contributed by atoms with E-state index >= 15 is 0 Å². The van der Waals surface area contributed by atoms with Gasteiger partial charge < -0.3 is 14.7 Å². The van der Waals surface area contributed by atoms with E-state index in [1.807, 2.05) is 28.9 Å². The van der Waals surface area contributed by atoms with E-state index in [1.165, 1.54) is 5.56 Å². The molecule has 2 fully saturated rings. The van der Waals surface area contributed by atoms with E-state index in [-0.39, 0.29) is 17.7 Å². The van der Waals surface area contributed by atoms with Gasteiger partial charge in [-0.3, -0.25) is 14.6 Å². The molecule has 0 saturated carbocycles. The number of carbonyl (C=O) groups excluding carboxylic acids is 2. The summed E-state index contributed by atoms with van der Waals surface area (Å²) in [5.41, 5.74) is 2.30. The largest absolute Gasteiger partial charge is 0.352 e. The van der Waals surface area contributed by atoms with Crippen LogP contribution in [0, 0.1) is 12.8 Å². The van der Waals surface area contributed by atoms with Gasteiger partial charge in [0, 0.05) is 58.1 Å². The molecule has 0 radical (unpaired) electrons. The molecular weight excluding hydrogens is 354 g/mol. The van der Waals surface area contributed by atoms with Crippen LogP contribution in [0.15, 0.2) is 42.9 Å². The third kappa shape index (κ3) is 3.98. The first-order valence-electron chi connectivity index (χ1n) is 9.73. The summed E-state index contributed by atoms with van der Waals surface area (Å²) < 4.78 is 0. The van der Waals surface area contributed by atoms with Crippen LogP contribution in [-0.2, 0) is 16.1 Å². The van der Waals surface area contributed by atoms with Crippen LogP contribution in [0.5, 0.6) is 0 Å². The fourth-order valence-electron chi connectivity index (χ4n) is 3.87. The minimum Gasteiger partial charge on any atom is -0.352 e. The molecule has 2 aliphatic heterocycles. The van der Waals surface area contributed by atoms with Gasteiger partial charge in [0.05, 0.1) is 12.1 Å². The Morgan fingerprint density at radius 2 is 1.86 bits per heavy atom. The van der Waals surface area contributed by atoms with Crippen molar-refractivity contribution in [3.63, 3.8) is 0 Å². The van der Waals surface area contributed by atoms with Crippen molar-refractivity contribution in [2.24, 2.45) is 5.92 Å². The monoisotopic (exact) mass is 379 g/mol. The van der Waals surface area contributed by atoms with Crippen LogP contribution in [0.25, 0.3) is 0 Å². The normalized spacial score (nSPS) is 20.0. The van der Waals surface area contributed by atoms with E-state index < -0.39 is 0 Å². The molecule has 4 rings (SSSR count). The summed E-state index contributed by atoms with van der Waals surface area (Å²) in [6, 6.07) is 8.19. The van der Waals surface area contributed by atoms with E-state index in [0.29, 0.717) is 32.6 Å². The second-order valence-corrected chi connectivity index (χ2v) is 7.54. The smallest absolute Gasteiger partial charge is 0.228 e. The predicted molar refractivity (Wildman–Crippen MR) is 106 cm³/mol. The zero-order chi connectivity index (χ0) is 19.5. The first kappa shape index (κ1) is 18.4. The number of likely N-dealkylation sites (tertiary alicyclic amines) is 1. The number of carbonyl (C=O) groups is 2. The van der Waals surface area contributed by atoms with Gasteiger partial charge in [0.15, 0.2) is 0 Å². The molecule has 3 heterocycles. The number of aromatic nitrogens is 2. The third-order valence-corrected chi connectivity index (χ3v) is 5.52. The summed E-state index contributed by atoms with van der Waals surface area (Å²) in [4.78, 5) is 39.6. The molecule has 2 saturated heterocycles. The van der Waals surface area contributed by atoms with Crippen molar-refractivity contribution >= 4 is 17.6 Å². The summed E-state index contributed by atoms with van der Waals surface area (Å²) in [6.45, 7) is 5.90. The van der Waals surface area contributed by atoms with Crippen LogP contribution in [0.2, 0.25) is 0 Å². The molecule has 1 atom stereocenters. The summed E-state index contributed by atoms with van der Waals surface area (Å²) in [5, 5.41) is 0. The molecule has 2 amide bonds. The Hall–Kier alpha value is -2.96. The van der Waals surface area contributed by atoms with Gasteiger partial charge >= 0.3 is 0 Å². The molecule has 0 bridgehead atoms. The van der Waals surface area contributed by atoms with Crippen LogP contribution in [0.4, 0.5) is 5.82 Å². The van der Waals surface area contributed by atoms with E-state index in [1.54, 1.807) is 18.6 Å². The van der Waals surface area contributed by atoms with E-state index in [0.717, 1.165) is 24.5 Å². The molecule has 0 aliphatic carbocycles. The zero-order valence-corrected chi connectivity index (χ0v) is 16.1. The molecule has 7 nitrogen and oxygen atoms in total. The summed E-state index contributed by atoms with van der Waals surface area (Å²) in [6.07, 6.45) is 5.40. The average molecular weight is 379 g/mol. The van der Waals surface area contributed by atoms with Gasteiger partial charge in [-0.05, 0) is 12.5 Å². The van der Waals surface area contributed by atoms with Crippen molar-refractivity contribution in [2.45, 2.75) is 19.9 Å². The average Bonchev–Trinajstić information content (AvgIpc) is 3.10. The Bertz CT molecular complexity index is 832. The van der Waals surface area contributed by atoms with Crippen LogP contribution in [0.3, 0.4) is 0 Å². The molecular formula is C21H25N5O2. The van der Waals surface area contributed by atoms with Crippen molar-refractivity contribution in [2.75, 3.05) is 37.6 Å². The second kappa shape index (κ2) is 7.96. The van der Waals surface area contributed by atoms with Crippen molar-refractivity contribution in [1.29, 1.82) is 0 Å². The van der Waals surface area contributed by atoms with Gasteiger partial charge in [-0.2, -0.15) is 0 Å². The number of benzene rings is 1. The maximum absolute atomic E-state index is 12.9. The molecule has 1 aromatic heterocycles. The Balaban J connectivity index is 1.32. The Labute approximate surface area is 165 Å². The highest BCUT2D eigenvalue weighted by molar-refractivity contribution is 5.89. The molecule has 28 heavy (non-hydrogen) atoms. The lowest BCUT2D eigenvalue weighted by atomic mass is 10.1. The maximum atomic E-state index is 12.9. The van der Waals surface area contributed by atoms with Crippen LogP contribution in [-0.4, -0.2) is 64.3 Å². The van der Waals surface area contributed by atoms with Gasteiger partial charge in [0.25, 0.3) is 0 Å². The number of amides is 2. The minimum absolute atomic E-state index is 0.0668. The standard InChI is InChI=1S/C21H25N5O2/c1-16-2-4-17(5-3-16)14-26-15-18(12-20(26)27)21(28)25-10-8-24(9-11-25)19-13-22-6-7-23-19/h2-7,13,18H,8-12,14-15H2,1H3/t18-/m0/s1. The topological polar surface area (TPSA) is 69.6 Å². The molecule has 146 valence electrons. The Morgan fingerprint density at radius 3 is 2.54 bits per heavy atom. The van der Waals surface area contributed by atoms with Gasteiger partial charge in [0.2, 0.25) is 11.8 Å². The quantitative estimate of drug-likeness (QED) is 0.805. The number of nitrogens with zero attached hydrogens (tertiary/aromatic N) is 5. The Kier molecular flexibility index (Phi) is 5.23. The summed E-state index contributed by atoms with van der Waals surface area (Å²) >= 11 is 0. The van der Waals surface area contributed by atoms with Gasteiger partial charge in [0.1, 0.15) is 5.82 Å². The maximum Gasteiger partial charge on any atom is 0.228 e. The first-order chi connectivity index (χ1) is 13.6. The highest BCUT2D eigenvalue weighted by atomic mass is 16.2. The van der Waals surface area contributed by atoms with E-state index in [2.05, 4.69) is 27.0 Å². The van der Waals surface area contributed by atoms with Crippen LogP contribution in [0.1, 0.15) is 17.5 Å². The fraction of sp³-hybridized carbons (Fsp3) is 0.429. The lowest BCUT2D eigenvalue weighted by molar-refractivity contribution is -0.136. The van der Waals surface area contributed by atoms with E-state index in [9.17, 15) is 9.59 Å². The number of hydrogen-bond donors (Lipinski definition) is 0. The minimum atomic E-state index is -0.235.